The van der Waals surface area contributed by atoms with Gasteiger partial charge in [-0.25, -0.2) is 0 Å². The third-order valence-corrected chi connectivity index (χ3v) is 9.19. The van der Waals surface area contributed by atoms with Gasteiger partial charge in [-0.15, -0.1) is 0 Å². The molecule has 0 fully saturated rings. The standard InChI is InChI=1S/C16H32BNO4Si/c1-10(2)13(18-15(17)21)12(9-11(3)14(19)20)22-23(7,8)16(4,5)6/h10-13H,9H2,1-8H3,(H,18,21)(H,19,20)/t11-,12+,13+/m1/s1. The summed E-state index contributed by atoms with van der Waals surface area (Å²) in [6, 6.07) is -0.316. The average Bonchev–Trinajstić information content (AvgIpc) is 2.32. The summed E-state index contributed by atoms with van der Waals surface area (Å²) >= 11 is 0. The van der Waals surface area contributed by atoms with Gasteiger partial charge in [0.15, 0.2) is 14.1 Å². The Kier molecular flexibility index (Phi) is 8.03. The van der Waals surface area contributed by atoms with Crippen molar-refractivity contribution >= 4 is 27.9 Å². The normalized spacial score (nSPS) is 16.7. The van der Waals surface area contributed by atoms with Crippen molar-refractivity contribution in [1.29, 1.82) is 0 Å². The Hall–Kier alpha value is -0.818. The molecule has 0 aromatic rings. The minimum atomic E-state index is -2.11. The second kappa shape index (κ2) is 8.33. The molecule has 0 aliphatic rings. The van der Waals surface area contributed by atoms with Crippen molar-refractivity contribution in [3.63, 3.8) is 0 Å². The Morgan fingerprint density at radius 2 is 1.70 bits per heavy atom. The molecule has 0 spiro atoms. The number of hydrogen-bond donors (Lipinski definition) is 2. The zero-order valence-electron chi connectivity index (χ0n) is 15.8. The molecule has 1 amide bonds. The van der Waals surface area contributed by atoms with Gasteiger partial charge in [-0.2, -0.15) is 0 Å². The van der Waals surface area contributed by atoms with Crippen molar-refractivity contribution < 1.29 is 19.1 Å². The maximum Gasteiger partial charge on any atom is 0.306 e. The van der Waals surface area contributed by atoms with Crippen LogP contribution in [0, 0.1) is 11.8 Å². The first kappa shape index (κ1) is 22.2. The van der Waals surface area contributed by atoms with Crippen LogP contribution >= 0.6 is 0 Å². The maximum atomic E-state index is 11.4. The third kappa shape index (κ3) is 7.08. The number of carbonyl (C=O) groups excluding carboxylic acids is 1. The van der Waals surface area contributed by atoms with Gasteiger partial charge in [0.1, 0.15) is 0 Å². The molecule has 0 bridgehead atoms. The van der Waals surface area contributed by atoms with E-state index in [0.717, 1.165) is 0 Å². The molecule has 0 aromatic carbocycles. The third-order valence-electron chi connectivity index (χ3n) is 4.69. The predicted octanol–water partition coefficient (Wildman–Crippen LogP) is 3.39. The quantitative estimate of drug-likeness (QED) is 0.664. The number of amides is 1. The SMILES string of the molecule is [B]C(=O)N[C@@H](C(C)C)[C@H](C[C@@H](C)C(=O)O)O[Si](C)(C)C(C)(C)C. The van der Waals surface area contributed by atoms with Gasteiger partial charge in [-0.1, -0.05) is 41.5 Å². The summed E-state index contributed by atoms with van der Waals surface area (Å²) in [6.45, 7) is 16.2. The molecule has 2 N–H and O–H groups in total. The molecule has 3 atom stereocenters. The maximum absolute atomic E-state index is 11.4. The molecule has 0 aromatic heterocycles. The van der Waals surface area contributed by atoms with Gasteiger partial charge in [0.05, 0.1) is 18.1 Å². The molecule has 0 aliphatic carbocycles. The summed E-state index contributed by atoms with van der Waals surface area (Å²) in [7, 11) is 3.18. The fourth-order valence-corrected chi connectivity index (χ4v) is 3.48. The molecule has 5 nitrogen and oxygen atoms in total. The first-order valence-electron chi connectivity index (χ1n) is 8.15. The molecule has 0 saturated heterocycles. The molecular formula is C16H32BNO4Si. The topological polar surface area (TPSA) is 75.6 Å². The van der Waals surface area contributed by atoms with Crippen molar-refractivity contribution in [3.8, 4) is 0 Å². The minimum Gasteiger partial charge on any atom is -0.481 e. The molecule has 0 heterocycles. The van der Waals surface area contributed by atoms with Gasteiger partial charge < -0.3 is 14.8 Å². The van der Waals surface area contributed by atoms with Gasteiger partial charge in [0.25, 0.3) is 0 Å². The van der Waals surface area contributed by atoms with Crippen LogP contribution in [0.25, 0.3) is 0 Å². The summed E-state index contributed by atoms with van der Waals surface area (Å²) in [5.41, 5.74) is 0. The number of hydrogen-bond acceptors (Lipinski definition) is 3. The second-order valence-corrected chi connectivity index (χ2v) is 12.9. The highest BCUT2D eigenvalue weighted by Crippen LogP contribution is 2.38. The van der Waals surface area contributed by atoms with E-state index in [4.69, 9.17) is 12.3 Å². The molecule has 0 unspecified atom stereocenters. The van der Waals surface area contributed by atoms with E-state index in [9.17, 15) is 14.7 Å². The van der Waals surface area contributed by atoms with Gasteiger partial charge in [-0.05, 0) is 30.5 Å². The zero-order chi connectivity index (χ0) is 18.6. The highest BCUT2D eigenvalue weighted by Gasteiger charge is 2.42. The monoisotopic (exact) mass is 341 g/mol. The number of rotatable bonds is 8. The van der Waals surface area contributed by atoms with E-state index in [1.807, 2.05) is 13.8 Å². The lowest BCUT2D eigenvalue weighted by molar-refractivity contribution is -0.142. The fraction of sp³-hybridized carbons (Fsp3) is 0.875. The summed E-state index contributed by atoms with van der Waals surface area (Å²) in [6.07, 6.45) is -0.0418. The first-order valence-corrected chi connectivity index (χ1v) is 11.1. The van der Waals surface area contributed by atoms with Crippen LogP contribution < -0.4 is 5.32 Å². The Morgan fingerprint density at radius 1 is 1.22 bits per heavy atom. The van der Waals surface area contributed by atoms with Crippen molar-refractivity contribution in [2.75, 3.05) is 0 Å². The molecular weight excluding hydrogens is 309 g/mol. The van der Waals surface area contributed by atoms with Crippen molar-refractivity contribution in [1.82, 2.24) is 5.32 Å². The van der Waals surface area contributed by atoms with Crippen LogP contribution in [0.3, 0.4) is 0 Å². The lowest BCUT2D eigenvalue weighted by Crippen LogP contribution is -2.54. The van der Waals surface area contributed by atoms with Gasteiger partial charge >= 0.3 is 5.97 Å². The molecule has 23 heavy (non-hydrogen) atoms. The summed E-state index contributed by atoms with van der Waals surface area (Å²) in [5, 5.41) is 12.0. The molecule has 0 saturated carbocycles. The van der Waals surface area contributed by atoms with E-state index in [1.165, 1.54) is 0 Å². The van der Waals surface area contributed by atoms with Gasteiger partial charge in [0.2, 0.25) is 7.85 Å². The lowest BCUT2D eigenvalue weighted by Gasteiger charge is -2.43. The highest BCUT2D eigenvalue weighted by atomic mass is 28.4. The fourth-order valence-electron chi connectivity index (χ4n) is 2.13. The van der Waals surface area contributed by atoms with Crippen molar-refractivity contribution in [3.05, 3.63) is 0 Å². The van der Waals surface area contributed by atoms with Crippen LogP contribution in [0.1, 0.15) is 48.0 Å². The number of carboxylic acids is 1. The van der Waals surface area contributed by atoms with Gasteiger partial charge in [0, 0.05) is 0 Å². The Bertz CT molecular complexity index is 421. The number of nitrogens with one attached hydrogen (secondary N) is 1. The van der Waals surface area contributed by atoms with Crippen LogP contribution in [0.2, 0.25) is 18.1 Å². The molecule has 7 heteroatoms. The molecule has 0 aliphatic heterocycles. The molecule has 2 radical (unpaired) electrons. The minimum absolute atomic E-state index is 0.00797. The average molecular weight is 341 g/mol. The highest BCUT2D eigenvalue weighted by molar-refractivity contribution is 6.74. The summed E-state index contributed by atoms with van der Waals surface area (Å²) in [5.74, 6) is -1.95. The van der Waals surface area contributed by atoms with Crippen LogP contribution in [0.5, 0.6) is 0 Å². The molecule has 132 valence electrons. The molecule has 0 rings (SSSR count). The predicted molar refractivity (Wildman–Crippen MR) is 96.4 cm³/mol. The summed E-state index contributed by atoms with van der Waals surface area (Å²) < 4.78 is 6.45. The lowest BCUT2D eigenvalue weighted by atomic mass is 9.91. The zero-order valence-corrected chi connectivity index (χ0v) is 16.8. The van der Waals surface area contributed by atoms with Gasteiger partial charge in [-0.3, -0.25) is 9.59 Å². The number of carbonyl (C=O) groups is 2. The van der Waals surface area contributed by atoms with Crippen LogP contribution in [0.15, 0.2) is 0 Å². The van der Waals surface area contributed by atoms with Crippen LogP contribution in [0.4, 0.5) is 4.79 Å². The van der Waals surface area contributed by atoms with E-state index in [1.54, 1.807) is 6.92 Å². The smallest absolute Gasteiger partial charge is 0.306 e. The van der Waals surface area contributed by atoms with Crippen molar-refractivity contribution in [2.45, 2.75) is 78.2 Å². The number of aliphatic carboxylic acids is 1. The number of carboxylic acid groups (broad SMARTS) is 1. The Labute approximate surface area is 143 Å². The largest absolute Gasteiger partial charge is 0.481 e. The van der Waals surface area contributed by atoms with Crippen LogP contribution in [-0.2, 0) is 9.22 Å². The summed E-state index contributed by atoms with van der Waals surface area (Å²) in [4.78, 5) is 22.6. The van der Waals surface area contributed by atoms with E-state index < -0.39 is 26.0 Å². The van der Waals surface area contributed by atoms with E-state index in [0.29, 0.717) is 6.42 Å². The van der Waals surface area contributed by atoms with Crippen molar-refractivity contribution in [2.24, 2.45) is 11.8 Å². The van der Waals surface area contributed by atoms with E-state index in [2.05, 4.69) is 39.2 Å². The van der Waals surface area contributed by atoms with Crippen LogP contribution in [-0.4, -0.2) is 45.2 Å². The van der Waals surface area contributed by atoms with E-state index in [-0.39, 0.29) is 23.1 Å². The van der Waals surface area contributed by atoms with E-state index >= 15 is 0 Å². The Morgan fingerprint density at radius 3 is 2.00 bits per heavy atom. The Balaban J connectivity index is 5.52. The first-order chi connectivity index (χ1) is 10.2. The second-order valence-electron chi connectivity index (χ2n) is 8.17.